The maximum Gasteiger partial charge on any atom is 0.435 e. The summed E-state index contributed by atoms with van der Waals surface area (Å²) in [5, 5.41) is 4.53. The van der Waals surface area contributed by atoms with E-state index in [4.69, 9.17) is 5.73 Å². The highest BCUT2D eigenvalue weighted by Gasteiger charge is 2.40. The Morgan fingerprint density at radius 3 is 2.67 bits per heavy atom. The molecule has 1 aliphatic heterocycles. The average molecular weight is 376 g/mol. The van der Waals surface area contributed by atoms with Crippen molar-refractivity contribution in [2.75, 3.05) is 12.3 Å². The van der Waals surface area contributed by atoms with Gasteiger partial charge in [-0.1, -0.05) is 0 Å². The van der Waals surface area contributed by atoms with Crippen LogP contribution in [-0.4, -0.2) is 37.2 Å². The van der Waals surface area contributed by atoms with Crippen LogP contribution in [0.2, 0.25) is 0 Å². The van der Waals surface area contributed by atoms with Crippen molar-refractivity contribution in [2.45, 2.75) is 39.0 Å². The molecule has 2 N–H and O–H groups in total. The number of aromatic nitrogens is 4. The van der Waals surface area contributed by atoms with Crippen LogP contribution in [0.3, 0.4) is 0 Å². The molecule has 1 aromatic carbocycles. The molecule has 1 aliphatic rings. The van der Waals surface area contributed by atoms with Crippen LogP contribution in [0.1, 0.15) is 30.8 Å². The Kier molecular flexibility index (Phi) is 4.06. The van der Waals surface area contributed by atoms with Crippen LogP contribution in [0, 0.1) is 0 Å². The predicted molar refractivity (Wildman–Crippen MR) is 95.3 cm³/mol. The lowest BCUT2D eigenvalue weighted by Crippen LogP contribution is -2.36. The van der Waals surface area contributed by atoms with Crippen LogP contribution in [-0.2, 0) is 19.1 Å². The monoisotopic (exact) mass is 376 g/mol. The highest BCUT2D eigenvalue weighted by Crippen LogP contribution is 2.36. The molecule has 0 spiro atoms. The summed E-state index contributed by atoms with van der Waals surface area (Å²) in [6.45, 7) is 5.06. The van der Waals surface area contributed by atoms with Gasteiger partial charge in [-0.25, -0.2) is 14.6 Å². The van der Waals surface area contributed by atoms with E-state index in [1.807, 2.05) is 13.8 Å². The number of anilines is 1. The lowest BCUT2D eigenvalue weighted by molar-refractivity contribution is -0.142. The van der Waals surface area contributed by atoms with Gasteiger partial charge in [0.2, 0.25) is 0 Å². The third-order valence-corrected chi connectivity index (χ3v) is 4.98. The van der Waals surface area contributed by atoms with Crippen LogP contribution >= 0.6 is 0 Å². The average Bonchev–Trinajstić information content (AvgIpc) is 3.01. The summed E-state index contributed by atoms with van der Waals surface area (Å²) in [4.78, 5) is 10.2. The molecule has 0 amide bonds. The van der Waals surface area contributed by atoms with Crippen molar-refractivity contribution in [3.05, 3.63) is 41.5 Å². The van der Waals surface area contributed by atoms with E-state index in [0.717, 1.165) is 0 Å². The van der Waals surface area contributed by atoms with Gasteiger partial charge in [-0.2, -0.15) is 18.3 Å². The van der Waals surface area contributed by atoms with Crippen molar-refractivity contribution in [2.24, 2.45) is 0 Å². The van der Waals surface area contributed by atoms with E-state index >= 15 is 0 Å². The number of nitrogens with two attached hydrogens (primary N) is 1. The van der Waals surface area contributed by atoms with E-state index < -0.39 is 11.9 Å². The van der Waals surface area contributed by atoms with Gasteiger partial charge >= 0.3 is 6.18 Å². The van der Waals surface area contributed by atoms with Crippen molar-refractivity contribution < 1.29 is 13.2 Å². The first-order valence-corrected chi connectivity index (χ1v) is 8.68. The van der Waals surface area contributed by atoms with E-state index in [1.54, 1.807) is 18.2 Å². The van der Waals surface area contributed by atoms with Crippen LogP contribution in [0.25, 0.3) is 16.6 Å². The number of nitrogen functional groups attached to an aromatic ring is 1. The van der Waals surface area contributed by atoms with Crippen molar-refractivity contribution >= 4 is 16.7 Å². The Morgan fingerprint density at radius 2 is 1.96 bits per heavy atom. The second kappa shape index (κ2) is 6.19. The summed E-state index contributed by atoms with van der Waals surface area (Å²) in [5.74, 6) is 0.280. The van der Waals surface area contributed by atoms with E-state index in [1.165, 1.54) is 11.0 Å². The molecule has 0 aliphatic carbocycles. The number of nitrogens with zero attached hydrogens (tertiary/aromatic N) is 5. The van der Waals surface area contributed by atoms with E-state index in [9.17, 15) is 13.2 Å². The third kappa shape index (κ3) is 3.01. The van der Waals surface area contributed by atoms with Crippen LogP contribution in [0.5, 0.6) is 0 Å². The van der Waals surface area contributed by atoms with E-state index in [0.29, 0.717) is 41.8 Å². The van der Waals surface area contributed by atoms with Gasteiger partial charge in [0, 0.05) is 30.1 Å². The molecule has 142 valence electrons. The largest absolute Gasteiger partial charge is 0.435 e. The number of halogens is 3. The Morgan fingerprint density at radius 1 is 1.19 bits per heavy atom. The van der Waals surface area contributed by atoms with Crippen LogP contribution < -0.4 is 5.73 Å². The lowest BCUT2D eigenvalue weighted by Gasteiger charge is -2.31. The smallest absolute Gasteiger partial charge is 0.383 e. The third-order valence-electron chi connectivity index (χ3n) is 4.98. The molecule has 6 nitrogen and oxygen atoms in total. The van der Waals surface area contributed by atoms with E-state index in [-0.39, 0.29) is 17.4 Å². The summed E-state index contributed by atoms with van der Waals surface area (Å²) < 4.78 is 42.0. The molecule has 0 saturated carbocycles. The summed E-state index contributed by atoms with van der Waals surface area (Å²) in [7, 11) is 0. The van der Waals surface area contributed by atoms with Gasteiger partial charge in [-0.05, 0) is 38.5 Å². The second-order valence-corrected chi connectivity index (χ2v) is 6.96. The first-order valence-electron chi connectivity index (χ1n) is 8.68. The fraction of sp³-hybridized carbons (Fsp3) is 0.389. The molecular formula is C18H19F3N6. The number of rotatable bonds is 2. The number of benzene rings is 1. The Bertz CT molecular complexity index is 1010. The molecule has 9 heteroatoms. The molecule has 3 heterocycles. The van der Waals surface area contributed by atoms with Gasteiger partial charge in [-0.3, -0.25) is 4.90 Å². The molecule has 4 rings (SSSR count). The molecule has 27 heavy (non-hydrogen) atoms. The van der Waals surface area contributed by atoms with Crippen LogP contribution in [0.4, 0.5) is 19.0 Å². The van der Waals surface area contributed by atoms with Crippen molar-refractivity contribution in [3.63, 3.8) is 0 Å². The first-order chi connectivity index (χ1) is 12.8. The molecule has 0 bridgehead atoms. The molecule has 0 fully saturated rings. The zero-order valence-electron chi connectivity index (χ0n) is 15.0. The lowest BCUT2D eigenvalue weighted by atomic mass is 10.0. The highest BCUT2D eigenvalue weighted by molar-refractivity contribution is 5.89. The Balaban J connectivity index is 1.90. The molecule has 0 saturated heterocycles. The second-order valence-electron chi connectivity index (χ2n) is 6.96. The predicted octanol–water partition coefficient (Wildman–Crippen LogP) is 3.18. The maximum atomic E-state index is 13.5. The number of hydrogen-bond donors (Lipinski definition) is 1. The maximum absolute atomic E-state index is 13.5. The zero-order chi connectivity index (χ0) is 19.3. The number of fused-ring (bicyclic) bond motifs is 2. The Hall–Kier alpha value is -2.68. The van der Waals surface area contributed by atoms with Gasteiger partial charge in [0.05, 0.1) is 16.9 Å². The minimum atomic E-state index is -4.49. The first kappa shape index (κ1) is 17.7. The molecule has 0 unspecified atom stereocenters. The van der Waals surface area contributed by atoms with Gasteiger partial charge in [-0.15, -0.1) is 0 Å². The molecular weight excluding hydrogens is 357 g/mol. The summed E-state index contributed by atoms with van der Waals surface area (Å²) in [6, 6.07) is 5.34. The van der Waals surface area contributed by atoms with Gasteiger partial charge < -0.3 is 5.73 Å². The fourth-order valence-electron chi connectivity index (χ4n) is 3.52. The number of alkyl halides is 3. The Labute approximate surface area is 153 Å². The van der Waals surface area contributed by atoms with Gasteiger partial charge in [0.15, 0.2) is 5.69 Å². The molecule has 0 radical (unpaired) electrons. The molecule has 3 aromatic rings. The summed E-state index contributed by atoms with van der Waals surface area (Å²) in [6.07, 6.45) is -2.81. The highest BCUT2D eigenvalue weighted by atomic mass is 19.4. The quantitative estimate of drug-likeness (QED) is 0.744. The molecule has 2 aromatic heterocycles. The fourth-order valence-corrected chi connectivity index (χ4v) is 3.52. The van der Waals surface area contributed by atoms with Crippen molar-refractivity contribution in [1.29, 1.82) is 0 Å². The van der Waals surface area contributed by atoms with Gasteiger partial charge in [0.25, 0.3) is 0 Å². The van der Waals surface area contributed by atoms with Crippen LogP contribution in [0.15, 0.2) is 24.5 Å². The summed E-state index contributed by atoms with van der Waals surface area (Å²) in [5.41, 5.74) is 7.09. The minimum Gasteiger partial charge on any atom is -0.383 e. The summed E-state index contributed by atoms with van der Waals surface area (Å²) >= 11 is 0. The minimum absolute atomic E-state index is 0.233. The zero-order valence-corrected chi connectivity index (χ0v) is 15.0. The van der Waals surface area contributed by atoms with Gasteiger partial charge in [0.1, 0.15) is 12.1 Å². The standard InChI is InChI=1S/C18H19F3N6/c1-10(2)26-6-5-12-15(8-26)27(25-16(12)18(19,20)21)11-3-4-14-13(7-11)17(22)24-9-23-14/h3-4,7,9-10H,5-6,8H2,1-2H3,(H2,22,23,24). The normalized spacial score (nSPS) is 15.5. The number of hydrogen-bond acceptors (Lipinski definition) is 5. The topological polar surface area (TPSA) is 72.9 Å². The van der Waals surface area contributed by atoms with Crippen molar-refractivity contribution in [1.82, 2.24) is 24.6 Å². The van der Waals surface area contributed by atoms with Crippen molar-refractivity contribution in [3.8, 4) is 5.69 Å². The SMILES string of the molecule is CC(C)N1CCc2c(C(F)(F)F)nn(-c3ccc4ncnc(N)c4c3)c2C1. The van der Waals surface area contributed by atoms with E-state index in [2.05, 4.69) is 20.0 Å². The molecule has 0 atom stereocenters.